The van der Waals surface area contributed by atoms with Gasteiger partial charge < -0.3 is 4.90 Å². The van der Waals surface area contributed by atoms with Crippen LogP contribution < -0.4 is 4.90 Å². The lowest BCUT2D eigenvalue weighted by atomic mass is 9.96. The molecule has 1 saturated heterocycles. The van der Waals surface area contributed by atoms with E-state index >= 15 is 0 Å². The average molecular weight is 347 g/mol. The highest BCUT2D eigenvalue weighted by molar-refractivity contribution is 5.40. The lowest BCUT2D eigenvalue weighted by molar-refractivity contribution is 0.474. The highest BCUT2D eigenvalue weighted by atomic mass is 15.4. The minimum Gasteiger partial charge on any atom is -0.355 e. The van der Waals surface area contributed by atoms with Crippen LogP contribution in [0.15, 0.2) is 49.2 Å². The SMILES string of the molecule is c1cnn(-c2ccc3nnc(C4CCN(c5cnccn5)CC4)n3n2)c1. The Morgan fingerprint density at radius 3 is 2.65 bits per heavy atom. The quantitative estimate of drug-likeness (QED) is 0.554. The van der Waals surface area contributed by atoms with Gasteiger partial charge in [-0.3, -0.25) is 4.98 Å². The van der Waals surface area contributed by atoms with Crippen molar-refractivity contribution in [3.63, 3.8) is 0 Å². The van der Waals surface area contributed by atoms with Crippen molar-refractivity contribution in [1.29, 1.82) is 0 Å². The molecule has 0 saturated carbocycles. The number of hydrogen-bond acceptors (Lipinski definition) is 7. The van der Waals surface area contributed by atoms with E-state index in [2.05, 4.69) is 35.3 Å². The summed E-state index contributed by atoms with van der Waals surface area (Å²) in [6, 6.07) is 5.70. The summed E-state index contributed by atoms with van der Waals surface area (Å²) in [7, 11) is 0. The van der Waals surface area contributed by atoms with Gasteiger partial charge in [0.05, 0.1) is 6.20 Å². The first kappa shape index (κ1) is 14.9. The first-order valence-corrected chi connectivity index (χ1v) is 8.62. The fourth-order valence-corrected chi connectivity index (χ4v) is 3.40. The second-order valence-corrected chi connectivity index (χ2v) is 6.30. The molecule has 0 bridgehead atoms. The third-order valence-electron chi connectivity index (χ3n) is 4.75. The van der Waals surface area contributed by atoms with Gasteiger partial charge in [0.1, 0.15) is 5.82 Å². The second-order valence-electron chi connectivity index (χ2n) is 6.30. The van der Waals surface area contributed by atoms with Crippen LogP contribution in [0.1, 0.15) is 24.6 Å². The minimum atomic E-state index is 0.318. The number of rotatable bonds is 3. The van der Waals surface area contributed by atoms with Crippen LogP contribution in [-0.2, 0) is 0 Å². The molecule has 0 unspecified atom stereocenters. The van der Waals surface area contributed by atoms with Crippen molar-refractivity contribution < 1.29 is 0 Å². The van der Waals surface area contributed by atoms with Crippen LogP contribution in [-0.4, -0.2) is 52.6 Å². The summed E-state index contributed by atoms with van der Waals surface area (Å²) in [6.45, 7) is 1.83. The molecule has 130 valence electrons. The van der Waals surface area contributed by atoms with Crippen molar-refractivity contribution in [2.45, 2.75) is 18.8 Å². The van der Waals surface area contributed by atoms with Gasteiger partial charge in [-0.05, 0) is 31.0 Å². The Morgan fingerprint density at radius 1 is 0.962 bits per heavy atom. The molecular formula is C17H17N9. The maximum atomic E-state index is 4.69. The molecule has 0 spiro atoms. The zero-order valence-corrected chi connectivity index (χ0v) is 14.0. The molecule has 1 aliphatic heterocycles. The number of fused-ring (bicyclic) bond motifs is 1. The molecule has 9 heteroatoms. The number of piperidine rings is 1. The van der Waals surface area contributed by atoms with Crippen molar-refractivity contribution in [2.24, 2.45) is 0 Å². The van der Waals surface area contributed by atoms with E-state index in [9.17, 15) is 0 Å². The van der Waals surface area contributed by atoms with E-state index in [-0.39, 0.29) is 0 Å². The molecule has 9 nitrogen and oxygen atoms in total. The van der Waals surface area contributed by atoms with Crippen molar-refractivity contribution >= 4 is 11.5 Å². The van der Waals surface area contributed by atoms with E-state index in [4.69, 9.17) is 0 Å². The van der Waals surface area contributed by atoms with Gasteiger partial charge in [0.2, 0.25) is 0 Å². The molecule has 5 rings (SSSR count). The third kappa shape index (κ3) is 2.57. The van der Waals surface area contributed by atoms with E-state index in [0.717, 1.165) is 49.0 Å². The molecule has 26 heavy (non-hydrogen) atoms. The van der Waals surface area contributed by atoms with E-state index in [1.54, 1.807) is 23.3 Å². The molecule has 4 aromatic heterocycles. The highest BCUT2D eigenvalue weighted by Gasteiger charge is 2.26. The zero-order chi connectivity index (χ0) is 17.3. The normalized spacial score (nSPS) is 15.6. The van der Waals surface area contributed by atoms with Gasteiger partial charge in [-0.2, -0.15) is 9.61 Å². The molecule has 0 atom stereocenters. The molecule has 1 aliphatic rings. The number of aromatic nitrogens is 8. The Hall–Kier alpha value is -3.36. The summed E-state index contributed by atoms with van der Waals surface area (Å²) in [6.07, 6.45) is 10.8. The molecule has 4 aromatic rings. The van der Waals surface area contributed by atoms with E-state index in [1.165, 1.54) is 0 Å². The largest absolute Gasteiger partial charge is 0.355 e. The average Bonchev–Trinajstić information content (AvgIpc) is 3.38. The van der Waals surface area contributed by atoms with Gasteiger partial charge in [-0.1, -0.05) is 0 Å². The maximum Gasteiger partial charge on any atom is 0.178 e. The molecule has 0 aliphatic carbocycles. The van der Waals surface area contributed by atoms with Gasteiger partial charge >= 0.3 is 0 Å². The Morgan fingerprint density at radius 2 is 1.88 bits per heavy atom. The molecular weight excluding hydrogens is 330 g/mol. The first-order valence-electron chi connectivity index (χ1n) is 8.62. The third-order valence-corrected chi connectivity index (χ3v) is 4.75. The van der Waals surface area contributed by atoms with Crippen LogP contribution in [0.2, 0.25) is 0 Å². The summed E-state index contributed by atoms with van der Waals surface area (Å²) >= 11 is 0. The summed E-state index contributed by atoms with van der Waals surface area (Å²) in [5.41, 5.74) is 0.757. The van der Waals surface area contributed by atoms with Crippen molar-refractivity contribution in [3.8, 4) is 5.82 Å². The van der Waals surface area contributed by atoms with Crippen molar-refractivity contribution in [1.82, 2.24) is 39.6 Å². The fraction of sp³-hybridized carbons (Fsp3) is 0.294. The smallest absolute Gasteiger partial charge is 0.178 e. The zero-order valence-electron chi connectivity index (χ0n) is 14.0. The summed E-state index contributed by atoms with van der Waals surface area (Å²) in [4.78, 5) is 10.8. The van der Waals surface area contributed by atoms with Crippen molar-refractivity contribution in [2.75, 3.05) is 18.0 Å². The highest BCUT2D eigenvalue weighted by Crippen LogP contribution is 2.28. The Kier molecular flexibility index (Phi) is 3.55. The standard InChI is InChI=1S/C17H17N9/c1-6-20-25(9-1)15-3-2-14-21-22-17(26(14)23-15)13-4-10-24(11-5-13)16-12-18-7-8-19-16/h1-3,6-9,12-13H,4-5,10-11H2. The van der Waals surface area contributed by atoms with Crippen LogP contribution in [0.5, 0.6) is 0 Å². The van der Waals surface area contributed by atoms with Gasteiger partial charge in [0.25, 0.3) is 0 Å². The molecule has 0 radical (unpaired) electrons. The number of nitrogens with zero attached hydrogens (tertiary/aromatic N) is 9. The van der Waals surface area contributed by atoms with Crippen LogP contribution in [0.3, 0.4) is 0 Å². The predicted octanol–water partition coefficient (Wildman–Crippen LogP) is 1.48. The first-order chi connectivity index (χ1) is 12.9. The molecule has 0 amide bonds. The second kappa shape index (κ2) is 6.17. The van der Waals surface area contributed by atoms with Gasteiger partial charge in [-0.25, -0.2) is 9.67 Å². The molecule has 0 aromatic carbocycles. The lowest BCUT2D eigenvalue weighted by Crippen LogP contribution is -2.34. The Bertz CT molecular complexity index is 1000. The summed E-state index contributed by atoms with van der Waals surface area (Å²) < 4.78 is 3.58. The predicted molar refractivity (Wildman–Crippen MR) is 94.1 cm³/mol. The lowest BCUT2D eigenvalue weighted by Gasteiger charge is -2.31. The minimum absolute atomic E-state index is 0.318. The van der Waals surface area contributed by atoms with E-state index in [0.29, 0.717) is 5.92 Å². The van der Waals surface area contributed by atoms with Gasteiger partial charge in [-0.15, -0.1) is 15.3 Å². The Labute approximate surface area is 149 Å². The van der Waals surface area contributed by atoms with Crippen LogP contribution in [0, 0.1) is 0 Å². The maximum absolute atomic E-state index is 4.69. The van der Waals surface area contributed by atoms with Gasteiger partial charge in [0, 0.05) is 43.8 Å². The topological polar surface area (TPSA) is 89.9 Å². The van der Waals surface area contributed by atoms with E-state index in [1.807, 2.05) is 35.1 Å². The fourth-order valence-electron chi connectivity index (χ4n) is 3.40. The summed E-state index contributed by atoms with van der Waals surface area (Å²) in [5, 5.41) is 17.6. The summed E-state index contributed by atoms with van der Waals surface area (Å²) in [5.74, 6) is 2.91. The Balaban J connectivity index is 1.40. The molecule has 5 heterocycles. The number of hydrogen-bond donors (Lipinski definition) is 0. The van der Waals surface area contributed by atoms with Crippen LogP contribution in [0.4, 0.5) is 5.82 Å². The van der Waals surface area contributed by atoms with Crippen LogP contribution >= 0.6 is 0 Å². The molecule has 0 N–H and O–H groups in total. The van der Waals surface area contributed by atoms with Gasteiger partial charge in [0.15, 0.2) is 17.3 Å². The molecule has 1 fully saturated rings. The monoisotopic (exact) mass is 347 g/mol. The van der Waals surface area contributed by atoms with E-state index < -0.39 is 0 Å². The number of anilines is 1. The van der Waals surface area contributed by atoms with Crippen molar-refractivity contribution in [3.05, 3.63) is 55.0 Å². The van der Waals surface area contributed by atoms with Crippen LogP contribution in [0.25, 0.3) is 11.5 Å².